The number of benzene rings is 2. The molecule has 9 N–H and O–H groups in total. The second-order valence-electron chi connectivity index (χ2n) is 9.65. The summed E-state index contributed by atoms with van der Waals surface area (Å²) in [6.07, 6.45) is -13.6. The Balaban J connectivity index is 1.52. The number of rotatable bonds is 5. The molecule has 1 aromatic heterocycles. The molecule has 2 aromatic carbocycles. The first kappa shape index (κ1) is 28.2. The zero-order valence-corrected chi connectivity index (χ0v) is 20.6. The Morgan fingerprint density at radius 1 is 0.850 bits per heavy atom. The van der Waals surface area contributed by atoms with Crippen LogP contribution in [0, 0.1) is 0 Å². The van der Waals surface area contributed by atoms with Crippen LogP contribution < -0.4 is 10.2 Å². The van der Waals surface area contributed by atoms with Crippen molar-refractivity contribution in [1.82, 2.24) is 0 Å². The van der Waals surface area contributed by atoms with Crippen molar-refractivity contribution in [2.75, 3.05) is 13.2 Å². The molecule has 2 saturated heterocycles. The fourth-order valence-electron chi connectivity index (χ4n) is 4.79. The Bertz CT molecular complexity index is 1420. The SMILES string of the molecule is O=c1cc(-c2ccc(O[C@H]3OC[C@@H](O)[C@@H](O)[C@H]3O)cc2)oc2c([C@@H]3O[C@H](CO)[C@@H](O)[C@H](O)[C@H]3O)c(O)cc(O)c12. The van der Waals surface area contributed by atoms with Gasteiger partial charge in [-0.2, -0.15) is 0 Å². The number of aliphatic hydroxyl groups excluding tert-OH is 7. The standard InChI is InChI=1S/C26H28O14/c27-7-16-20(33)21(34)22(35)25(40-16)18-12(29)5-11(28)17-13(30)6-15(39-24(17)18)9-1-3-10(4-2-9)38-26-23(36)19(32)14(31)8-37-26/h1-6,14,16,19-23,25-29,31-36H,7-8H2/t14-,16-,19-,20-,21+,22-,23-,25+,26-/m1/s1. The van der Waals surface area contributed by atoms with Gasteiger partial charge in [-0.05, 0) is 24.3 Å². The molecule has 0 spiro atoms. The summed E-state index contributed by atoms with van der Waals surface area (Å²) in [6, 6.07) is 7.79. The van der Waals surface area contributed by atoms with Crippen LogP contribution in [-0.4, -0.2) is 108 Å². The van der Waals surface area contributed by atoms with E-state index >= 15 is 0 Å². The van der Waals surface area contributed by atoms with Crippen LogP contribution in [0.5, 0.6) is 17.2 Å². The second-order valence-corrected chi connectivity index (χ2v) is 9.65. The van der Waals surface area contributed by atoms with Gasteiger partial charge in [-0.1, -0.05) is 0 Å². The number of aliphatic hydroxyl groups is 7. The summed E-state index contributed by atoms with van der Waals surface area (Å²) in [7, 11) is 0. The van der Waals surface area contributed by atoms with Gasteiger partial charge in [0.05, 0.1) is 18.8 Å². The lowest BCUT2D eigenvalue weighted by atomic mass is 9.89. The van der Waals surface area contributed by atoms with E-state index in [0.29, 0.717) is 5.56 Å². The van der Waals surface area contributed by atoms with E-state index in [0.717, 1.165) is 12.1 Å². The second kappa shape index (κ2) is 10.9. The summed E-state index contributed by atoms with van der Waals surface area (Å²) in [5.74, 6) is -1.09. The highest BCUT2D eigenvalue weighted by Gasteiger charge is 2.46. The fraction of sp³-hybridized carbons (Fsp3) is 0.423. The molecule has 14 nitrogen and oxygen atoms in total. The van der Waals surface area contributed by atoms with E-state index in [-0.39, 0.29) is 34.6 Å². The number of aromatic hydroxyl groups is 2. The maximum atomic E-state index is 13.0. The highest BCUT2D eigenvalue weighted by molar-refractivity contribution is 5.89. The van der Waals surface area contributed by atoms with E-state index < -0.39 is 78.7 Å². The van der Waals surface area contributed by atoms with Gasteiger partial charge < -0.3 is 64.6 Å². The molecule has 2 aliphatic heterocycles. The molecule has 9 atom stereocenters. The van der Waals surface area contributed by atoms with Crippen molar-refractivity contribution >= 4 is 11.0 Å². The number of phenolic OH excluding ortho intramolecular Hbond substituents is 2. The number of hydrogen-bond donors (Lipinski definition) is 9. The zero-order valence-electron chi connectivity index (χ0n) is 20.6. The minimum Gasteiger partial charge on any atom is -0.507 e. The third-order valence-electron chi connectivity index (χ3n) is 7.02. The lowest BCUT2D eigenvalue weighted by Gasteiger charge is -2.40. The number of hydrogen-bond acceptors (Lipinski definition) is 14. The third kappa shape index (κ3) is 4.89. The van der Waals surface area contributed by atoms with Crippen molar-refractivity contribution < 1.29 is 64.6 Å². The van der Waals surface area contributed by atoms with E-state index in [2.05, 4.69) is 0 Å². The molecule has 0 radical (unpaired) electrons. The average molecular weight is 564 g/mol. The fourth-order valence-corrected chi connectivity index (χ4v) is 4.79. The summed E-state index contributed by atoms with van der Waals surface area (Å²) in [5, 5.41) is 90.7. The Morgan fingerprint density at radius 2 is 1.55 bits per heavy atom. The minimum atomic E-state index is -1.81. The molecule has 2 fully saturated rings. The molecule has 2 aliphatic rings. The molecule has 0 aliphatic carbocycles. The predicted octanol–water partition coefficient (Wildman–Crippen LogP) is -1.80. The van der Waals surface area contributed by atoms with Crippen LogP contribution in [0.25, 0.3) is 22.3 Å². The zero-order chi connectivity index (χ0) is 28.9. The molecule has 216 valence electrons. The van der Waals surface area contributed by atoms with E-state index in [1.807, 2.05) is 0 Å². The summed E-state index contributed by atoms with van der Waals surface area (Å²) in [6.45, 7) is -0.982. The largest absolute Gasteiger partial charge is 0.507 e. The van der Waals surface area contributed by atoms with Crippen molar-refractivity contribution in [3.63, 3.8) is 0 Å². The van der Waals surface area contributed by atoms with Crippen molar-refractivity contribution in [3.8, 4) is 28.6 Å². The molecular weight excluding hydrogens is 536 g/mol. The van der Waals surface area contributed by atoms with Gasteiger partial charge in [0.25, 0.3) is 0 Å². The molecule has 0 bridgehead atoms. The predicted molar refractivity (Wildman–Crippen MR) is 132 cm³/mol. The molecule has 0 unspecified atom stereocenters. The molecule has 3 heterocycles. The summed E-state index contributed by atoms with van der Waals surface area (Å²) in [5.41, 5.74) is -1.05. The Labute approximate surface area is 225 Å². The summed E-state index contributed by atoms with van der Waals surface area (Å²) >= 11 is 0. The van der Waals surface area contributed by atoms with Crippen molar-refractivity contribution in [3.05, 3.63) is 52.2 Å². The van der Waals surface area contributed by atoms with Gasteiger partial charge in [0, 0.05) is 17.7 Å². The van der Waals surface area contributed by atoms with E-state index in [1.165, 1.54) is 24.3 Å². The number of fused-ring (bicyclic) bond motifs is 1. The van der Waals surface area contributed by atoms with Gasteiger partial charge in [0.2, 0.25) is 6.29 Å². The molecule has 40 heavy (non-hydrogen) atoms. The molecule has 14 heteroatoms. The first-order valence-corrected chi connectivity index (χ1v) is 12.3. The third-order valence-corrected chi connectivity index (χ3v) is 7.02. The Hall–Kier alpha value is -3.31. The first-order chi connectivity index (χ1) is 19.0. The number of ether oxygens (including phenoxy) is 3. The molecule has 5 rings (SSSR count). The van der Waals surface area contributed by atoms with Crippen molar-refractivity contribution in [2.24, 2.45) is 0 Å². The summed E-state index contributed by atoms with van der Waals surface area (Å²) < 4.78 is 22.2. The Kier molecular flexibility index (Phi) is 7.71. The molecular formula is C26H28O14. The van der Waals surface area contributed by atoms with Gasteiger partial charge in [0.1, 0.15) is 77.2 Å². The highest BCUT2D eigenvalue weighted by atomic mass is 16.7. The summed E-state index contributed by atoms with van der Waals surface area (Å²) in [4.78, 5) is 13.0. The number of phenols is 2. The van der Waals surface area contributed by atoms with Crippen LogP contribution in [0.1, 0.15) is 11.7 Å². The smallest absolute Gasteiger partial charge is 0.228 e. The molecule has 3 aromatic rings. The van der Waals surface area contributed by atoms with Crippen LogP contribution in [0.2, 0.25) is 0 Å². The minimum absolute atomic E-state index is 0.0348. The topological polar surface area (TPSA) is 240 Å². The molecule has 0 amide bonds. The normalized spacial score (nSPS) is 32.7. The lowest BCUT2D eigenvalue weighted by Crippen LogP contribution is -2.55. The lowest BCUT2D eigenvalue weighted by molar-refractivity contribution is -0.242. The first-order valence-electron chi connectivity index (χ1n) is 12.3. The van der Waals surface area contributed by atoms with Gasteiger partial charge >= 0.3 is 0 Å². The average Bonchev–Trinajstić information content (AvgIpc) is 2.93. The van der Waals surface area contributed by atoms with Crippen molar-refractivity contribution in [2.45, 2.75) is 55.1 Å². The van der Waals surface area contributed by atoms with Crippen LogP contribution in [0.15, 0.2) is 45.6 Å². The van der Waals surface area contributed by atoms with Crippen LogP contribution in [0.3, 0.4) is 0 Å². The maximum absolute atomic E-state index is 13.0. The van der Waals surface area contributed by atoms with Crippen LogP contribution in [0.4, 0.5) is 0 Å². The quantitative estimate of drug-likeness (QED) is 0.166. The Morgan fingerprint density at radius 3 is 2.23 bits per heavy atom. The van der Waals surface area contributed by atoms with Gasteiger partial charge in [-0.3, -0.25) is 4.79 Å². The monoisotopic (exact) mass is 564 g/mol. The van der Waals surface area contributed by atoms with Gasteiger partial charge in [-0.25, -0.2) is 0 Å². The van der Waals surface area contributed by atoms with E-state index in [9.17, 15) is 50.8 Å². The highest BCUT2D eigenvalue weighted by Crippen LogP contribution is 2.43. The molecule has 0 saturated carbocycles. The van der Waals surface area contributed by atoms with E-state index in [4.69, 9.17) is 18.6 Å². The van der Waals surface area contributed by atoms with Crippen molar-refractivity contribution in [1.29, 1.82) is 0 Å². The van der Waals surface area contributed by atoms with Crippen LogP contribution in [-0.2, 0) is 9.47 Å². The van der Waals surface area contributed by atoms with E-state index in [1.54, 1.807) is 0 Å². The maximum Gasteiger partial charge on any atom is 0.228 e. The van der Waals surface area contributed by atoms with Crippen LogP contribution >= 0.6 is 0 Å². The van der Waals surface area contributed by atoms with Gasteiger partial charge in [0.15, 0.2) is 11.0 Å². The van der Waals surface area contributed by atoms with Gasteiger partial charge in [-0.15, -0.1) is 0 Å².